The lowest BCUT2D eigenvalue weighted by atomic mass is 10.0. The lowest BCUT2D eigenvalue weighted by Crippen LogP contribution is -2.30. The number of unbranched alkanes of at least 4 members (excludes halogenated alkanes) is 32. The Bertz CT molecular complexity index is 1320. The molecule has 6 heteroatoms. The number of hydrogen-bond acceptors (Lipinski definition) is 6. The van der Waals surface area contributed by atoms with Crippen LogP contribution in [0, 0.1) is 0 Å². The highest BCUT2D eigenvalue weighted by Crippen LogP contribution is 2.16. The first kappa shape index (κ1) is 67.8. The number of ether oxygens (including phenoxy) is 3. The molecule has 0 rings (SSSR count). The van der Waals surface area contributed by atoms with Gasteiger partial charge in [0.1, 0.15) is 13.2 Å². The summed E-state index contributed by atoms with van der Waals surface area (Å²) in [7, 11) is 0. The van der Waals surface area contributed by atoms with Crippen LogP contribution in [0.3, 0.4) is 0 Å². The molecular weight excluding hydrogens is 877 g/mol. The number of esters is 3. The minimum Gasteiger partial charge on any atom is -0.462 e. The summed E-state index contributed by atoms with van der Waals surface area (Å²) in [4.78, 5) is 38.2. The van der Waals surface area contributed by atoms with Crippen molar-refractivity contribution in [2.75, 3.05) is 13.2 Å². The highest BCUT2D eigenvalue weighted by Gasteiger charge is 2.19. The van der Waals surface area contributed by atoms with Gasteiger partial charge < -0.3 is 14.2 Å². The van der Waals surface area contributed by atoms with Crippen molar-refractivity contribution in [1.29, 1.82) is 0 Å². The summed E-state index contributed by atoms with van der Waals surface area (Å²) >= 11 is 0. The molecular formula is C65H114O6. The standard InChI is InChI=1S/C65H114O6/c1-4-7-10-13-16-19-22-25-28-31-32-35-37-40-43-46-49-52-55-58-64(67)70-61-62(71-65(68)59-56-53-50-47-44-41-38-34-30-27-24-21-18-15-12-9-6-3)60-69-63(66)57-54-51-48-45-42-39-36-33-29-26-23-20-17-14-11-8-5-2/h26-27,29-30,36,38-39,41,45,47-48,50,62H,4-25,28,31-35,37,40,42-44,46,49,51-61H2,1-3H3/b29-26-,30-27-,39-36-,41-38-,48-45-,50-47-. The largest absolute Gasteiger partial charge is 0.462 e. The molecule has 0 fully saturated rings. The van der Waals surface area contributed by atoms with Gasteiger partial charge in [0, 0.05) is 19.3 Å². The summed E-state index contributed by atoms with van der Waals surface area (Å²) in [5, 5.41) is 0. The Balaban J connectivity index is 4.48. The van der Waals surface area contributed by atoms with Crippen LogP contribution in [-0.4, -0.2) is 37.2 Å². The van der Waals surface area contributed by atoms with Gasteiger partial charge in [0.05, 0.1) is 0 Å². The van der Waals surface area contributed by atoms with Crippen LogP contribution in [-0.2, 0) is 28.6 Å². The molecule has 0 saturated heterocycles. The van der Waals surface area contributed by atoms with Crippen molar-refractivity contribution in [3.05, 3.63) is 72.9 Å². The Morgan fingerprint density at radius 2 is 0.521 bits per heavy atom. The lowest BCUT2D eigenvalue weighted by molar-refractivity contribution is -0.167. The smallest absolute Gasteiger partial charge is 0.306 e. The second-order valence-electron chi connectivity index (χ2n) is 20.3. The van der Waals surface area contributed by atoms with E-state index in [9.17, 15) is 14.4 Å². The molecule has 1 unspecified atom stereocenters. The Morgan fingerprint density at radius 1 is 0.282 bits per heavy atom. The molecule has 0 aliphatic heterocycles. The third-order valence-electron chi connectivity index (χ3n) is 13.2. The molecule has 0 aromatic carbocycles. The maximum absolute atomic E-state index is 12.8. The Hall–Kier alpha value is -3.15. The fourth-order valence-corrected chi connectivity index (χ4v) is 8.59. The lowest BCUT2D eigenvalue weighted by Gasteiger charge is -2.18. The first-order valence-corrected chi connectivity index (χ1v) is 30.4. The molecule has 0 aliphatic rings. The predicted octanol–water partition coefficient (Wildman–Crippen LogP) is 20.5. The van der Waals surface area contributed by atoms with E-state index in [-0.39, 0.29) is 44.0 Å². The molecule has 410 valence electrons. The Kier molecular flexibility index (Phi) is 56.8. The minimum absolute atomic E-state index is 0.109. The highest BCUT2D eigenvalue weighted by atomic mass is 16.6. The van der Waals surface area contributed by atoms with Gasteiger partial charge in [0.15, 0.2) is 6.10 Å². The van der Waals surface area contributed by atoms with Crippen molar-refractivity contribution in [2.45, 2.75) is 309 Å². The molecule has 0 amide bonds. The SMILES string of the molecule is CCCCCCCC/C=C\C/C=C\C/C=C\CCCC(=O)OCC(COC(=O)CCCCCCCCCCCCCCCCCCCCC)OC(=O)CCC/C=C\C/C=C\C/C=C\CCCCCCCC. The van der Waals surface area contributed by atoms with Crippen LogP contribution in [0.4, 0.5) is 0 Å². The van der Waals surface area contributed by atoms with Crippen LogP contribution in [0.2, 0.25) is 0 Å². The number of hydrogen-bond donors (Lipinski definition) is 0. The summed E-state index contributed by atoms with van der Waals surface area (Å²) in [5.41, 5.74) is 0. The van der Waals surface area contributed by atoms with Gasteiger partial charge in [-0.25, -0.2) is 0 Å². The predicted molar refractivity (Wildman–Crippen MR) is 307 cm³/mol. The molecule has 71 heavy (non-hydrogen) atoms. The van der Waals surface area contributed by atoms with E-state index in [1.807, 2.05) is 0 Å². The third-order valence-corrected chi connectivity index (χ3v) is 13.2. The van der Waals surface area contributed by atoms with Gasteiger partial charge in [-0.1, -0.05) is 273 Å². The van der Waals surface area contributed by atoms with Crippen LogP contribution in [0.5, 0.6) is 0 Å². The first-order valence-electron chi connectivity index (χ1n) is 30.4. The van der Waals surface area contributed by atoms with Crippen LogP contribution >= 0.6 is 0 Å². The molecule has 1 atom stereocenters. The zero-order valence-electron chi connectivity index (χ0n) is 47.0. The van der Waals surface area contributed by atoms with Crippen LogP contribution in [0.25, 0.3) is 0 Å². The molecule has 0 radical (unpaired) electrons. The van der Waals surface area contributed by atoms with E-state index in [0.29, 0.717) is 19.3 Å². The van der Waals surface area contributed by atoms with Gasteiger partial charge in [-0.2, -0.15) is 0 Å². The average molecular weight is 992 g/mol. The summed E-state index contributed by atoms with van der Waals surface area (Å²) in [6.07, 6.45) is 76.3. The average Bonchev–Trinajstić information content (AvgIpc) is 3.37. The fraction of sp³-hybridized carbons (Fsp3) is 0.769. The van der Waals surface area contributed by atoms with Crippen LogP contribution in [0.15, 0.2) is 72.9 Å². The van der Waals surface area contributed by atoms with Crippen molar-refractivity contribution in [2.24, 2.45) is 0 Å². The monoisotopic (exact) mass is 991 g/mol. The van der Waals surface area contributed by atoms with Crippen molar-refractivity contribution in [3.63, 3.8) is 0 Å². The molecule has 0 saturated carbocycles. The van der Waals surface area contributed by atoms with Crippen molar-refractivity contribution in [1.82, 2.24) is 0 Å². The molecule has 0 aliphatic carbocycles. The molecule has 0 bridgehead atoms. The summed E-state index contributed by atoms with van der Waals surface area (Å²) in [6, 6.07) is 0. The third kappa shape index (κ3) is 57.6. The normalized spacial score (nSPS) is 12.5. The van der Waals surface area contributed by atoms with Gasteiger partial charge in [0.25, 0.3) is 0 Å². The quantitative estimate of drug-likeness (QED) is 0.0261. The van der Waals surface area contributed by atoms with E-state index < -0.39 is 6.10 Å². The summed E-state index contributed by atoms with van der Waals surface area (Å²) in [5.74, 6) is -1.00. The number of allylic oxidation sites excluding steroid dienone is 12. The molecule has 0 N–H and O–H groups in total. The van der Waals surface area contributed by atoms with Crippen molar-refractivity contribution >= 4 is 17.9 Å². The molecule has 0 aromatic heterocycles. The number of carbonyl (C=O) groups is 3. The van der Waals surface area contributed by atoms with Gasteiger partial charge in [0.2, 0.25) is 0 Å². The van der Waals surface area contributed by atoms with E-state index in [0.717, 1.165) is 57.8 Å². The Morgan fingerprint density at radius 3 is 0.845 bits per heavy atom. The summed E-state index contributed by atoms with van der Waals surface area (Å²) < 4.78 is 16.8. The van der Waals surface area contributed by atoms with E-state index in [2.05, 4.69) is 93.7 Å². The highest BCUT2D eigenvalue weighted by molar-refractivity contribution is 5.71. The van der Waals surface area contributed by atoms with E-state index >= 15 is 0 Å². The van der Waals surface area contributed by atoms with Gasteiger partial charge in [-0.05, 0) is 83.5 Å². The fourth-order valence-electron chi connectivity index (χ4n) is 8.59. The molecule has 0 spiro atoms. The zero-order valence-corrected chi connectivity index (χ0v) is 47.0. The Labute approximate surface area is 440 Å². The molecule has 0 aromatic rings. The van der Waals surface area contributed by atoms with Gasteiger partial charge in [-0.15, -0.1) is 0 Å². The molecule has 0 heterocycles. The minimum atomic E-state index is -0.821. The van der Waals surface area contributed by atoms with Crippen LogP contribution in [0.1, 0.15) is 303 Å². The van der Waals surface area contributed by atoms with Gasteiger partial charge in [-0.3, -0.25) is 14.4 Å². The van der Waals surface area contributed by atoms with Gasteiger partial charge >= 0.3 is 17.9 Å². The second-order valence-corrected chi connectivity index (χ2v) is 20.3. The maximum atomic E-state index is 12.8. The van der Waals surface area contributed by atoms with E-state index in [4.69, 9.17) is 14.2 Å². The zero-order chi connectivity index (χ0) is 51.4. The number of rotatable bonds is 55. The summed E-state index contributed by atoms with van der Waals surface area (Å²) in [6.45, 7) is 6.57. The maximum Gasteiger partial charge on any atom is 0.306 e. The topological polar surface area (TPSA) is 78.9 Å². The van der Waals surface area contributed by atoms with E-state index in [1.54, 1.807) is 0 Å². The molecule has 6 nitrogen and oxygen atoms in total. The number of carbonyl (C=O) groups excluding carboxylic acids is 3. The van der Waals surface area contributed by atoms with Crippen LogP contribution < -0.4 is 0 Å². The van der Waals surface area contributed by atoms with E-state index in [1.165, 1.54) is 193 Å². The van der Waals surface area contributed by atoms with Crippen molar-refractivity contribution < 1.29 is 28.6 Å². The second kappa shape index (κ2) is 59.4. The first-order chi connectivity index (χ1) is 35.0. The van der Waals surface area contributed by atoms with Crippen molar-refractivity contribution in [3.8, 4) is 0 Å².